The average molecular weight is 358 g/mol. The largest absolute Gasteiger partial charge is 0.385 e. The number of anilines is 1. The number of sulfonamides is 1. The number of hydrogen-bond acceptors (Lipinski definition) is 5. The molecular formula is C15H20ClN3O3S. The second-order valence-electron chi connectivity index (χ2n) is 5.32. The van der Waals surface area contributed by atoms with Crippen LogP contribution in [0, 0.1) is 11.3 Å². The Balaban J connectivity index is 1.96. The minimum Gasteiger partial charge on any atom is -0.385 e. The van der Waals surface area contributed by atoms with E-state index in [9.17, 15) is 8.42 Å². The van der Waals surface area contributed by atoms with Gasteiger partial charge >= 0.3 is 0 Å². The van der Waals surface area contributed by atoms with E-state index in [-0.39, 0.29) is 5.75 Å². The fraction of sp³-hybridized carbons (Fsp3) is 0.533. The van der Waals surface area contributed by atoms with Gasteiger partial charge in [-0.25, -0.2) is 8.42 Å². The van der Waals surface area contributed by atoms with Crippen molar-refractivity contribution < 1.29 is 13.2 Å². The van der Waals surface area contributed by atoms with Gasteiger partial charge in [-0.2, -0.15) is 9.57 Å². The minimum absolute atomic E-state index is 0.115. The molecule has 2 rings (SSSR count). The molecule has 1 aliphatic rings. The Hall–Kier alpha value is -1.33. The Kier molecular flexibility index (Phi) is 6.25. The summed E-state index contributed by atoms with van der Waals surface area (Å²) in [5.74, 6) is 0.115. The summed E-state index contributed by atoms with van der Waals surface area (Å²) in [4.78, 5) is 2.08. The van der Waals surface area contributed by atoms with E-state index in [1.54, 1.807) is 19.2 Å². The zero-order valence-electron chi connectivity index (χ0n) is 13.0. The molecule has 1 saturated heterocycles. The van der Waals surface area contributed by atoms with Gasteiger partial charge in [-0.1, -0.05) is 11.6 Å². The van der Waals surface area contributed by atoms with Crippen molar-refractivity contribution in [2.75, 3.05) is 50.5 Å². The summed E-state index contributed by atoms with van der Waals surface area (Å²) in [5.41, 5.74) is 1.35. The van der Waals surface area contributed by atoms with Gasteiger partial charge < -0.3 is 9.64 Å². The monoisotopic (exact) mass is 357 g/mol. The molecule has 1 aromatic rings. The lowest BCUT2D eigenvalue weighted by molar-refractivity contribution is 0.199. The van der Waals surface area contributed by atoms with Gasteiger partial charge in [-0.3, -0.25) is 0 Å². The predicted octanol–water partition coefficient (Wildman–Crippen LogP) is 1.70. The lowest BCUT2D eigenvalue weighted by atomic mass is 10.2. The normalized spacial score (nSPS) is 16.3. The third-order valence-corrected chi connectivity index (χ3v) is 6.09. The molecule has 23 heavy (non-hydrogen) atoms. The second-order valence-corrected chi connectivity index (χ2v) is 7.82. The van der Waals surface area contributed by atoms with Crippen LogP contribution in [0.2, 0.25) is 5.02 Å². The molecule has 0 aliphatic carbocycles. The molecule has 0 aromatic heterocycles. The van der Waals surface area contributed by atoms with Crippen LogP contribution < -0.4 is 4.90 Å². The molecule has 0 saturated carbocycles. The average Bonchev–Trinajstić information content (AvgIpc) is 2.55. The third kappa shape index (κ3) is 4.58. The van der Waals surface area contributed by atoms with Crippen LogP contribution in [0.4, 0.5) is 5.69 Å². The Morgan fingerprint density at radius 3 is 2.57 bits per heavy atom. The Labute approximate surface area is 142 Å². The number of ether oxygens (including phenoxy) is 1. The molecule has 0 bridgehead atoms. The lowest BCUT2D eigenvalue weighted by Gasteiger charge is -2.35. The number of nitriles is 1. The smallest absolute Gasteiger partial charge is 0.214 e. The van der Waals surface area contributed by atoms with Crippen molar-refractivity contribution in [2.24, 2.45) is 0 Å². The van der Waals surface area contributed by atoms with Gasteiger partial charge in [0.2, 0.25) is 10.0 Å². The van der Waals surface area contributed by atoms with Crippen molar-refractivity contribution in [3.05, 3.63) is 28.8 Å². The van der Waals surface area contributed by atoms with Crippen LogP contribution in [0.15, 0.2) is 18.2 Å². The molecule has 0 N–H and O–H groups in total. The Morgan fingerprint density at radius 2 is 2.00 bits per heavy atom. The second kappa shape index (κ2) is 7.97. The zero-order valence-corrected chi connectivity index (χ0v) is 14.6. The van der Waals surface area contributed by atoms with E-state index in [0.717, 1.165) is 5.69 Å². The molecular weight excluding hydrogens is 338 g/mol. The van der Waals surface area contributed by atoms with E-state index in [1.807, 2.05) is 12.1 Å². The summed E-state index contributed by atoms with van der Waals surface area (Å²) in [6.07, 6.45) is 0.504. The van der Waals surface area contributed by atoms with Gasteiger partial charge in [0.1, 0.15) is 6.07 Å². The van der Waals surface area contributed by atoms with E-state index in [2.05, 4.69) is 4.90 Å². The summed E-state index contributed by atoms with van der Waals surface area (Å²) in [6.45, 7) is 2.56. The molecule has 1 aliphatic heterocycles. The standard InChI is InChI=1S/C15H20ClN3O3S/c1-22-9-2-10-23(20,21)19-7-5-18(6-8-19)14-4-3-13(12-17)15(16)11-14/h3-4,11H,2,5-10H2,1H3. The molecule has 0 atom stereocenters. The highest BCUT2D eigenvalue weighted by atomic mass is 35.5. The molecule has 1 aromatic carbocycles. The maximum atomic E-state index is 12.2. The van der Waals surface area contributed by atoms with Crippen molar-refractivity contribution >= 4 is 27.3 Å². The number of piperazine rings is 1. The van der Waals surface area contributed by atoms with Gasteiger partial charge in [0.15, 0.2) is 0 Å². The van der Waals surface area contributed by atoms with Gasteiger partial charge in [0.25, 0.3) is 0 Å². The van der Waals surface area contributed by atoms with Crippen LogP contribution in [0.3, 0.4) is 0 Å². The number of hydrogen-bond donors (Lipinski definition) is 0. The molecule has 0 spiro atoms. The van der Waals surface area contributed by atoms with Crippen molar-refractivity contribution in [2.45, 2.75) is 6.42 Å². The van der Waals surface area contributed by atoms with E-state index in [0.29, 0.717) is 49.8 Å². The minimum atomic E-state index is -3.22. The van der Waals surface area contributed by atoms with Crippen molar-refractivity contribution in [1.82, 2.24) is 4.31 Å². The van der Waals surface area contributed by atoms with Crippen LogP contribution in [-0.2, 0) is 14.8 Å². The van der Waals surface area contributed by atoms with Crippen molar-refractivity contribution in [3.8, 4) is 6.07 Å². The Bertz CT molecular complexity index is 680. The number of rotatable bonds is 6. The maximum absolute atomic E-state index is 12.2. The SMILES string of the molecule is COCCCS(=O)(=O)N1CCN(c2ccc(C#N)c(Cl)c2)CC1. The first kappa shape index (κ1) is 18.0. The lowest BCUT2D eigenvalue weighted by Crippen LogP contribution is -2.49. The molecule has 126 valence electrons. The molecule has 8 heteroatoms. The fourth-order valence-electron chi connectivity index (χ4n) is 2.53. The van der Waals surface area contributed by atoms with Gasteiger partial charge in [0, 0.05) is 45.6 Å². The summed E-state index contributed by atoms with van der Waals surface area (Å²) in [5, 5.41) is 9.32. The van der Waals surface area contributed by atoms with Gasteiger partial charge in [-0.05, 0) is 24.6 Å². The first-order chi connectivity index (χ1) is 11.0. The third-order valence-electron chi connectivity index (χ3n) is 3.82. The van der Waals surface area contributed by atoms with Crippen LogP contribution in [0.1, 0.15) is 12.0 Å². The highest BCUT2D eigenvalue weighted by molar-refractivity contribution is 7.89. The quantitative estimate of drug-likeness (QED) is 0.724. The molecule has 0 radical (unpaired) electrons. The summed E-state index contributed by atoms with van der Waals surface area (Å²) in [6, 6.07) is 7.31. The van der Waals surface area contributed by atoms with E-state index in [1.165, 1.54) is 4.31 Å². The molecule has 1 heterocycles. The Morgan fingerprint density at radius 1 is 1.30 bits per heavy atom. The van der Waals surface area contributed by atoms with Crippen molar-refractivity contribution in [1.29, 1.82) is 5.26 Å². The molecule has 1 fully saturated rings. The zero-order chi connectivity index (χ0) is 16.9. The van der Waals surface area contributed by atoms with Crippen LogP contribution in [-0.4, -0.2) is 58.4 Å². The fourth-order valence-corrected chi connectivity index (χ4v) is 4.21. The van der Waals surface area contributed by atoms with Crippen LogP contribution in [0.25, 0.3) is 0 Å². The van der Waals surface area contributed by atoms with E-state index in [4.69, 9.17) is 21.6 Å². The highest BCUT2D eigenvalue weighted by Crippen LogP contribution is 2.24. The number of nitrogens with zero attached hydrogens (tertiary/aromatic N) is 3. The van der Waals surface area contributed by atoms with E-state index < -0.39 is 10.0 Å². The molecule has 0 amide bonds. The molecule has 6 nitrogen and oxygen atoms in total. The number of benzene rings is 1. The maximum Gasteiger partial charge on any atom is 0.214 e. The van der Waals surface area contributed by atoms with Gasteiger partial charge in [-0.15, -0.1) is 0 Å². The van der Waals surface area contributed by atoms with Gasteiger partial charge in [0.05, 0.1) is 16.3 Å². The highest BCUT2D eigenvalue weighted by Gasteiger charge is 2.26. The van der Waals surface area contributed by atoms with Crippen LogP contribution in [0.5, 0.6) is 0 Å². The summed E-state index contributed by atoms with van der Waals surface area (Å²) >= 11 is 6.05. The summed E-state index contributed by atoms with van der Waals surface area (Å²) in [7, 11) is -1.66. The molecule has 0 unspecified atom stereocenters. The predicted molar refractivity (Wildman–Crippen MR) is 90.2 cm³/mol. The first-order valence-electron chi connectivity index (χ1n) is 7.39. The topological polar surface area (TPSA) is 73.6 Å². The van der Waals surface area contributed by atoms with Crippen molar-refractivity contribution in [3.63, 3.8) is 0 Å². The first-order valence-corrected chi connectivity index (χ1v) is 9.38. The number of methoxy groups -OCH3 is 1. The summed E-state index contributed by atoms with van der Waals surface area (Å²) < 4.78 is 30.9. The number of halogens is 1. The van der Waals surface area contributed by atoms with E-state index >= 15 is 0 Å². The van der Waals surface area contributed by atoms with Crippen LogP contribution >= 0.6 is 11.6 Å².